The van der Waals surface area contributed by atoms with Crippen LogP contribution in [0.25, 0.3) is 0 Å². The third kappa shape index (κ3) is 2.38. The molecule has 0 aromatic heterocycles. The topological polar surface area (TPSA) is 52.6 Å². The quantitative estimate of drug-likeness (QED) is 0.678. The van der Waals surface area contributed by atoms with Crippen molar-refractivity contribution in [2.24, 2.45) is 5.92 Å². The zero-order valence-electron chi connectivity index (χ0n) is 8.00. The van der Waals surface area contributed by atoms with Crippen molar-refractivity contribution in [3.8, 4) is 0 Å². The van der Waals surface area contributed by atoms with E-state index in [-0.39, 0.29) is 0 Å². The minimum Gasteiger partial charge on any atom is -0.477 e. The third-order valence-corrected chi connectivity index (χ3v) is 2.72. The minimum absolute atomic E-state index is 0.389. The molecule has 0 unspecified atom stereocenters. The molecule has 0 amide bonds. The number of nitrogens with zero attached hydrogens (tertiary/aromatic N) is 1. The Kier molecular flexibility index (Phi) is 3.22. The van der Waals surface area contributed by atoms with Gasteiger partial charge >= 0.3 is 5.97 Å². The van der Waals surface area contributed by atoms with Crippen LogP contribution in [0.4, 0.5) is 0 Å². The Morgan fingerprint density at radius 2 is 2.31 bits per heavy atom. The first-order valence-corrected chi connectivity index (χ1v) is 4.98. The standard InChI is InChI=1S/C8H14N2O2S/c1-5(2)4-10-6(3)7(8(11)12)13-9-10/h5,9H,4H2,1-3H3,(H,11,12). The Morgan fingerprint density at radius 1 is 1.69 bits per heavy atom. The van der Waals surface area contributed by atoms with E-state index in [9.17, 15) is 4.79 Å². The molecule has 2 N–H and O–H groups in total. The number of aliphatic carboxylic acids is 1. The molecule has 0 aromatic rings. The number of carboxylic acid groups (broad SMARTS) is 1. The molecule has 1 heterocycles. The molecule has 74 valence electrons. The van der Waals surface area contributed by atoms with Gasteiger partial charge in [-0.2, -0.15) is 4.83 Å². The summed E-state index contributed by atoms with van der Waals surface area (Å²) in [4.78, 5) is 14.1. The molecular weight excluding hydrogens is 188 g/mol. The summed E-state index contributed by atoms with van der Waals surface area (Å²) in [5.41, 5.74) is 0.797. The lowest BCUT2D eigenvalue weighted by Gasteiger charge is -2.20. The highest BCUT2D eigenvalue weighted by molar-refractivity contribution is 8.02. The molecule has 1 aliphatic heterocycles. The molecule has 4 nitrogen and oxygen atoms in total. The van der Waals surface area contributed by atoms with Gasteiger partial charge in [0.1, 0.15) is 4.91 Å². The molecule has 0 radical (unpaired) electrons. The predicted octanol–water partition coefficient (Wildman–Crippen LogP) is 1.43. The van der Waals surface area contributed by atoms with Gasteiger partial charge in [0.2, 0.25) is 0 Å². The van der Waals surface area contributed by atoms with Crippen LogP contribution < -0.4 is 4.83 Å². The van der Waals surface area contributed by atoms with Gasteiger partial charge in [-0.3, -0.25) is 0 Å². The van der Waals surface area contributed by atoms with E-state index in [1.165, 1.54) is 0 Å². The van der Waals surface area contributed by atoms with Gasteiger partial charge < -0.3 is 10.1 Å². The molecule has 0 fully saturated rings. The van der Waals surface area contributed by atoms with Crippen LogP contribution in [0.3, 0.4) is 0 Å². The molecule has 0 aliphatic carbocycles. The van der Waals surface area contributed by atoms with Crippen molar-refractivity contribution < 1.29 is 9.90 Å². The highest BCUT2D eigenvalue weighted by Gasteiger charge is 2.24. The predicted molar refractivity (Wildman–Crippen MR) is 52.6 cm³/mol. The summed E-state index contributed by atoms with van der Waals surface area (Å²) in [5.74, 6) is -0.350. The van der Waals surface area contributed by atoms with E-state index < -0.39 is 5.97 Å². The van der Waals surface area contributed by atoms with E-state index >= 15 is 0 Å². The van der Waals surface area contributed by atoms with Crippen molar-refractivity contribution >= 4 is 17.9 Å². The van der Waals surface area contributed by atoms with Gasteiger partial charge in [-0.25, -0.2) is 4.79 Å². The Labute approximate surface area is 82.1 Å². The molecule has 0 saturated heterocycles. The molecule has 0 aromatic carbocycles. The van der Waals surface area contributed by atoms with Crippen molar-refractivity contribution in [3.05, 3.63) is 10.6 Å². The monoisotopic (exact) mass is 202 g/mol. The average molecular weight is 202 g/mol. The number of hydrogen-bond donors (Lipinski definition) is 2. The van der Waals surface area contributed by atoms with Crippen LogP contribution in [0.15, 0.2) is 10.6 Å². The highest BCUT2D eigenvalue weighted by Crippen LogP contribution is 2.27. The Bertz CT molecular complexity index is 251. The maximum absolute atomic E-state index is 10.7. The van der Waals surface area contributed by atoms with Crippen LogP contribution in [0.2, 0.25) is 0 Å². The van der Waals surface area contributed by atoms with Crippen LogP contribution in [0.5, 0.6) is 0 Å². The van der Waals surface area contributed by atoms with Crippen LogP contribution >= 0.6 is 11.9 Å². The van der Waals surface area contributed by atoms with Gasteiger partial charge in [0.25, 0.3) is 0 Å². The third-order valence-electron chi connectivity index (χ3n) is 1.73. The fourth-order valence-electron chi connectivity index (χ4n) is 1.10. The van der Waals surface area contributed by atoms with Gasteiger partial charge in [-0.05, 0) is 24.8 Å². The molecule has 13 heavy (non-hydrogen) atoms. The molecule has 5 heteroatoms. The van der Waals surface area contributed by atoms with Gasteiger partial charge in [0, 0.05) is 12.2 Å². The van der Waals surface area contributed by atoms with Crippen molar-refractivity contribution in [1.82, 2.24) is 9.84 Å². The second kappa shape index (κ2) is 4.02. The maximum Gasteiger partial charge on any atom is 0.345 e. The summed E-state index contributed by atoms with van der Waals surface area (Å²) < 4.78 is 0. The summed E-state index contributed by atoms with van der Waals surface area (Å²) in [6.07, 6.45) is 0. The van der Waals surface area contributed by atoms with E-state index in [0.29, 0.717) is 10.8 Å². The van der Waals surface area contributed by atoms with Crippen LogP contribution in [0.1, 0.15) is 20.8 Å². The fraction of sp³-hybridized carbons (Fsp3) is 0.625. The number of nitrogens with one attached hydrogen (secondary N) is 1. The largest absolute Gasteiger partial charge is 0.477 e. The first kappa shape index (κ1) is 10.4. The van der Waals surface area contributed by atoms with Crippen LogP contribution in [-0.2, 0) is 4.79 Å². The van der Waals surface area contributed by atoms with E-state index in [4.69, 9.17) is 5.11 Å². The summed E-state index contributed by atoms with van der Waals surface area (Å²) in [6.45, 7) is 6.84. The number of hydrazine groups is 1. The van der Waals surface area contributed by atoms with E-state index in [0.717, 1.165) is 24.2 Å². The average Bonchev–Trinajstić information content (AvgIpc) is 2.32. The van der Waals surface area contributed by atoms with Gasteiger partial charge in [-0.1, -0.05) is 13.8 Å². The lowest BCUT2D eigenvalue weighted by atomic mass is 10.2. The normalized spacial score (nSPS) is 17.4. The number of carbonyl (C=O) groups is 1. The number of rotatable bonds is 3. The molecule has 0 saturated carbocycles. The van der Waals surface area contributed by atoms with Crippen LogP contribution in [0, 0.1) is 5.92 Å². The smallest absolute Gasteiger partial charge is 0.345 e. The lowest BCUT2D eigenvalue weighted by molar-refractivity contribution is -0.131. The Hall–Kier alpha value is -0.680. The van der Waals surface area contributed by atoms with Gasteiger partial charge in [-0.15, -0.1) is 0 Å². The summed E-state index contributed by atoms with van der Waals surface area (Å²) in [7, 11) is 0. The fourth-order valence-corrected chi connectivity index (χ4v) is 1.86. The first-order chi connectivity index (χ1) is 6.02. The molecule has 0 bridgehead atoms. The maximum atomic E-state index is 10.7. The number of allylic oxidation sites excluding steroid dienone is 1. The van der Waals surface area contributed by atoms with Crippen LogP contribution in [-0.4, -0.2) is 22.6 Å². The molecule has 1 rings (SSSR count). The zero-order valence-corrected chi connectivity index (χ0v) is 8.81. The molecule has 0 atom stereocenters. The minimum atomic E-state index is -0.860. The van der Waals surface area contributed by atoms with Crippen molar-refractivity contribution in [2.45, 2.75) is 20.8 Å². The SMILES string of the molecule is CC1=C(C(=O)O)SNN1CC(C)C. The van der Waals surface area contributed by atoms with E-state index in [2.05, 4.69) is 18.7 Å². The zero-order chi connectivity index (χ0) is 10.0. The molecule has 1 aliphatic rings. The van der Waals surface area contributed by atoms with Gasteiger partial charge in [0.15, 0.2) is 0 Å². The molecular formula is C8H14N2O2S. The van der Waals surface area contributed by atoms with Crippen molar-refractivity contribution in [2.75, 3.05) is 6.54 Å². The Morgan fingerprint density at radius 3 is 2.69 bits per heavy atom. The Balaban J connectivity index is 2.68. The van der Waals surface area contributed by atoms with Crippen molar-refractivity contribution in [1.29, 1.82) is 0 Å². The number of carboxylic acids is 1. The first-order valence-electron chi connectivity index (χ1n) is 4.16. The summed E-state index contributed by atoms with van der Waals surface area (Å²) >= 11 is 1.16. The van der Waals surface area contributed by atoms with Crippen molar-refractivity contribution in [3.63, 3.8) is 0 Å². The molecule has 0 spiro atoms. The highest BCUT2D eigenvalue weighted by atomic mass is 32.2. The second-order valence-electron chi connectivity index (χ2n) is 3.42. The summed E-state index contributed by atoms with van der Waals surface area (Å²) in [6, 6.07) is 0. The van der Waals surface area contributed by atoms with E-state index in [1.807, 2.05) is 11.9 Å². The lowest BCUT2D eigenvalue weighted by Crippen LogP contribution is -2.30. The number of hydrogen-bond acceptors (Lipinski definition) is 4. The summed E-state index contributed by atoms with van der Waals surface area (Å²) in [5, 5.41) is 10.7. The second-order valence-corrected chi connectivity index (χ2v) is 4.21. The van der Waals surface area contributed by atoms with Gasteiger partial charge in [0.05, 0.1) is 0 Å². The van der Waals surface area contributed by atoms with E-state index in [1.54, 1.807) is 0 Å².